The van der Waals surface area contributed by atoms with Crippen LogP contribution in [0.5, 0.6) is 0 Å². The molecule has 0 spiro atoms. The van der Waals surface area contributed by atoms with Gasteiger partial charge in [0.25, 0.3) is 0 Å². The second kappa shape index (κ2) is 5.14. The van der Waals surface area contributed by atoms with Crippen LogP contribution in [0, 0.1) is 0 Å². The van der Waals surface area contributed by atoms with Gasteiger partial charge >= 0.3 is 0 Å². The Kier molecular flexibility index (Phi) is 3.93. The average Bonchev–Trinajstić information content (AvgIpc) is 2.77. The summed E-state index contributed by atoms with van der Waals surface area (Å²) >= 11 is 0. The number of carbonyl (C=O) groups excluding carboxylic acids is 1. The van der Waals surface area contributed by atoms with Gasteiger partial charge in [-0.1, -0.05) is 0 Å². The molecule has 1 atom stereocenters. The molecule has 0 N–H and O–H groups in total. The Hall–Kier alpha value is -0.660. The van der Waals surface area contributed by atoms with Crippen LogP contribution in [-0.2, 0) is 14.8 Å². The summed E-state index contributed by atoms with van der Waals surface area (Å²) in [5, 5.41) is 0. The van der Waals surface area contributed by atoms with Crippen LogP contribution < -0.4 is 0 Å². The first-order valence-electron chi connectivity index (χ1n) is 6.34. The van der Waals surface area contributed by atoms with Crippen molar-refractivity contribution in [1.29, 1.82) is 0 Å². The van der Waals surface area contributed by atoms with Gasteiger partial charge in [-0.05, 0) is 19.9 Å². The molecule has 18 heavy (non-hydrogen) atoms. The number of piperazine rings is 1. The molecule has 7 heteroatoms. The molecular weight excluding hydrogens is 254 g/mol. The van der Waals surface area contributed by atoms with Crippen LogP contribution in [0.3, 0.4) is 0 Å². The Morgan fingerprint density at radius 1 is 1.11 bits per heavy atom. The lowest BCUT2D eigenvalue weighted by Crippen LogP contribution is -2.53. The van der Waals surface area contributed by atoms with Crippen molar-refractivity contribution in [2.45, 2.75) is 18.9 Å². The zero-order valence-corrected chi connectivity index (χ0v) is 11.8. The predicted octanol–water partition coefficient (Wildman–Crippen LogP) is -0.816. The Labute approximate surface area is 109 Å². The average molecular weight is 275 g/mol. The molecular formula is C11H21N3O3S. The summed E-state index contributed by atoms with van der Waals surface area (Å²) in [5.74, 6) is -0.0222. The number of nitrogens with zero attached hydrogens (tertiary/aromatic N) is 3. The van der Waals surface area contributed by atoms with Crippen LogP contribution in [-0.4, -0.2) is 80.5 Å². The van der Waals surface area contributed by atoms with Crippen molar-refractivity contribution in [1.82, 2.24) is 14.1 Å². The first-order chi connectivity index (χ1) is 8.39. The van der Waals surface area contributed by atoms with E-state index in [2.05, 4.69) is 4.90 Å². The predicted molar refractivity (Wildman–Crippen MR) is 68.6 cm³/mol. The zero-order valence-electron chi connectivity index (χ0n) is 11.0. The molecule has 0 aromatic heterocycles. The van der Waals surface area contributed by atoms with E-state index >= 15 is 0 Å². The van der Waals surface area contributed by atoms with Crippen LogP contribution in [0.4, 0.5) is 0 Å². The lowest BCUT2D eigenvalue weighted by Gasteiger charge is -2.35. The third kappa shape index (κ3) is 2.84. The van der Waals surface area contributed by atoms with Gasteiger partial charge in [0.1, 0.15) is 6.04 Å². The van der Waals surface area contributed by atoms with Crippen LogP contribution in [0.2, 0.25) is 0 Å². The molecule has 6 nitrogen and oxygen atoms in total. The molecule has 2 aliphatic heterocycles. The summed E-state index contributed by atoms with van der Waals surface area (Å²) in [5.41, 5.74) is 0. The quantitative estimate of drug-likeness (QED) is 0.661. The summed E-state index contributed by atoms with van der Waals surface area (Å²) in [4.78, 5) is 16.3. The molecule has 104 valence electrons. The minimum absolute atomic E-state index is 0.0222. The molecule has 0 bridgehead atoms. The fraction of sp³-hybridized carbons (Fsp3) is 0.909. The smallest absolute Gasteiger partial charge is 0.241 e. The third-order valence-corrected chi connectivity index (χ3v) is 5.02. The van der Waals surface area contributed by atoms with Crippen molar-refractivity contribution >= 4 is 15.9 Å². The zero-order chi connectivity index (χ0) is 13.3. The minimum Gasteiger partial charge on any atom is -0.339 e. The van der Waals surface area contributed by atoms with E-state index in [1.54, 1.807) is 4.90 Å². The van der Waals surface area contributed by atoms with E-state index in [4.69, 9.17) is 0 Å². The van der Waals surface area contributed by atoms with Crippen molar-refractivity contribution in [3.63, 3.8) is 0 Å². The van der Waals surface area contributed by atoms with Crippen molar-refractivity contribution < 1.29 is 13.2 Å². The molecule has 0 saturated carbocycles. The van der Waals surface area contributed by atoms with Crippen molar-refractivity contribution in [3.8, 4) is 0 Å². The Bertz CT molecular complexity index is 415. The summed E-state index contributed by atoms with van der Waals surface area (Å²) in [6, 6.07) is -0.469. The number of hydrogen-bond donors (Lipinski definition) is 0. The van der Waals surface area contributed by atoms with E-state index < -0.39 is 16.1 Å². The normalized spacial score (nSPS) is 27.7. The first kappa shape index (κ1) is 13.8. The highest BCUT2D eigenvalue weighted by Crippen LogP contribution is 2.22. The Morgan fingerprint density at radius 2 is 1.72 bits per heavy atom. The largest absolute Gasteiger partial charge is 0.339 e. The Balaban J connectivity index is 2.04. The number of amides is 1. The molecule has 2 fully saturated rings. The maximum Gasteiger partial charge on any atom is 0.241 e. The molecule has 0 aliphatic carbocycles. The van der Waals surface area contributed by atoms with Gasteiger partial charge < -0.3 is 9.80 Å². The minimum atomic E-state index is -3.27. The first-order valence-corrected chi connectivity index (χ1v) is 8.18. The van der Waals surface area contributed by atoms with Crippen LogP contribution in [0.25, 0.3) is 0 Å². The van der Waals surface area contributed by atoms with Crippen molar-refractivity contribution in [3.05, 3.63) is 0 Å². The lowest BCUT2D eigenvalue weighted by molar-refractivity contribution is -0.136. The lowest BCUT2D eigenvalue weighted by atomic mass is 10.2. The van der Waals surface area contributed by atoms with E-state index in [9.17, 15) is 13.2 Å². The molecule has 0 radical (unpaired) electrons. The van der Waals surface area contributed by atoms with Crippen LogP contribution in [0.1, 0.15) is 12.8 Å². The highest BCUT2D eigenvalue weighted by molar-refractivity contribution is 7.88. The number of rotatable bonds is 2. The highest BCUT2D eigenvalue weighted by Gasteiger charge is 2.38. The van der Waals surface area contributed by atoms with Gasteiger partial charge in [-0.15, -0.1) is 0 Å². The number of hydrogen-bond acceptors (Lipinski definition) is 4. The molecule has 2 aliphatic rings. The SMILES string of the molecule is CN1CCN(C(=O)C2CCCN2S(C)(=O)=O)CC1. The van der Waals surface area contributed by atoms with Crippen LogP contribution in [0.15, 0.2) is 0 Å². The van der Waals surface area contributed by atoms with E-state index in [0.29, 0.717) is 26.1 Å². The van der Waals surface area contributed by atoms with Gasteiger partial charge in [0.2, 0.25) is 15.9 Å². The molecule has 2 heterocycles. The van der Waals surface area contributed by atoms with Crippen molar-refractivity contribution in [2.75, 3.05) is 46.0 Å². The molecule has 1 amide bonds. The number of sulfonamides is 1. The molecule has 0 aromatic rings. The molecule has 2 rings (SSSR count). The summed E-state index contributed by atoms with van der Waals surface area (Å²) in [6.45, 7) is 3.59. The third-order valence-electron chi connectivity index (χ3n) is 3.73. The fourth-order valence-electron chi connectivity index (χ4n) is 2.62. The van der Waals surface area contributed by atoms with Crippen molar-refractivity contribution in [2.24, 2.45) is 0 Å². The van der Waals surface area contributed by atoms with Gasteiger partial charge in [0, 0.05) is 32.7 Å². The van der Waals surface area contributed by atoms with E-state index in [1.165, 1.54) is 10.6 Å². The summed E-state index contributed by atoms with van der Waals surface area (Å²) in [6.07, 6.45) is 2.61. The molecule has 0 aromatic carbocycles. The molecule has 1 unspecified atom stereocenters. The summed E-state index contributed by atoms with van der Waals surface area (Å²) in [7, 11) is -1.24. The molecule has 2 saturated heterocycles. The monoisotopic (exact) mass is 275 g/mol. The number of likely N-dealkylation sites (N-methyl/N-ethyl adjacent to an activating group) is 1. The number of carbonyl (C=O) groups is 1. The van der Waals surface area contributed by atoms with E-state index in [-0.39, 0.29) is 5.91 Å². The second-order valence-corrected chi connectivity index (χ2v) is 7.10. The summed E-state index contributed by atoms with van der Waals surface area (Å²) < 4.78 is 24.6. The van der Waals surface area contributed by atoms with Gasteiger partial charge in [0.05, 0.1) is 6.26 Å². The van der Waals surface area contributed by atoms with E-state index in [0.717, 1.165) is 19.5 Å². The van der Waals surface area contributed by atoms with E-state index in [1.807, 2.05) is 7.05 Å². The Morgan fingerprint density at radius 3 is 2.28 bits per heavy atom. The maximum atomic E-state index is 12.4. The van der Waals surface area contributed by atoms with Gasteiger partial charge in [-0.2, -0.15) is 4.31 Å². The maximum absolute atomic E-state index is 12.4. The second-order valence-electron chi connectivity index (χ2n) is 5.16. The van der Waals surface area contributed by atoms with Gasteiger partial charge in [0.15, 0.2) is 0 Å². The van der Waals surface area contributed by atoms with Gasteiger partial charge in [-0.25, -0.2) is 8.42 Å². The fourth-order valence-corrected chi connectivity index (χ4v) is 3.74. The topological polar surface area (TPSA) is 60.9 Å². The standard InChI is InChI=1S/C11H21N3O3S/c1-12-6-8-13(9-7-12)11(15)10-4-3-5-14(10)18(2,16)17/h10H,3-9H2,1-2H3. The van der Waals surface area contributed by atoms with Gasteiger partial charge in [-0.3, -0.25) is 4.79 Å². The van der Waals surface area contributed by atoms with Crippen LogP contribution >= 0.6 is 0 Å². The highest BCUT2D eigenvalue weighted by atomic mass is 32.2.